The van der Waals surface area contributed by atoms with Crippen molar-refractivity contribution in [2.24, 2.45) is 4.99 Å². The molecule has 124 valence electrons. The third kappa shape index (κ3) is 5.79. The van der Waals surface area contributed by atoms with Gasteiger partial charge in [-0.25, -0.2) is 0 Å². The Kier molecular flexibility index (Phi) is 7.07. The van der Waals surface area contributed by atoms with Crippen molar-refractivity contribution >= 4 is 23.4 Å². The molecule has 22 heavy (non-hydrogen) atoms. The molecule has 0 heterocycles. The molecule has 0 aromatic heterocycles. The molecule has 0 amide bonds. The quantitative estimate of drug-likeness (QED) is 0.624. The first-order valence-electron chi connectivity index (χ1n) is 7.55. The highest BCUT2D eigenvalue weighted by atomic mass is 32.2. The SMILES string of the molecule is CN=C(NCc1ccc(N(C)C)cc1C)NCC(C)(C)SC. The number of aryl methyl sites for hydroxylation is 1. The standard InChI is InChI=1S/C17H30N4S/c1-13-10-15(21(5)6)9-8-14(13)11-19-16(18-4)20-12-17(2,3)22-7/h8-10H,11-12H2,1-7H3,(H2,18,19,20). The van der Waals surface area contributed by atoms with Crippen LogP contribution in [0.3, 0.4) is 0 Å². The molecular weight excluding hydrogens is 292 g/mol. The van der Waals surface area contributed by atoms with Crippen molar-refractivity contribution in [3.8, 4) is 0 Å². The number of nitrogens with one attached hydrogen (secondary N) is 2. The minimum absolute atomic E-state index is 0.195. The Hall–Kier alpha value is -1.36. The summed E-state index contributed by atoms with van der Waals surface area (Å²) < 4.78 is 0.195. The number of nitrogens with zero attached hydrogens (tertiary/aromatic N) is 2. The zero-order valence-corrected chi connectivity index (χ0v) is 15.8. The molecule has 0 saturated heterocycles. The minimum atomic E-state index is 0.195. The summed E-state index contributed by atoms with van der Waals surface area (Å²) in [7, 11) is 5.93. The van der Waals surface area contributed by atoms with Gasteiger partial charge in [0, 0.05) is 44.7 Å². The van der Waals surface area contributed by atoms with Crippen LogP contribution < -0.4 is 15.5 Å². The summed E-state index contributed by atoms with van der Waals surface area (Å²) in [6.07, 6.45) is 2.13. The lowest BCUT2D eigenvalue weighted by Gasteiger charge is -2.24. The first-order valence-corrected chi connectivity index (χ1v) is 8.78. The number of hydrogen-bond donors (Lipinski definition) is 2. The Labute approximate surface area is 139 Å². The van der Waals surface area contributed by atoms with Gasteiger partial charge in [-0.05, 0) is 50.3 Å². The number of guanidine groups is 1. The molecule has 0 bridgehead atoms. The Morgan fingerprint density at radius 3 is 2.45 bits per heavy atom. The van der Waals surface area contributed by atoms with Gasteiger partial charge in [-0.2, -0.15) is 11.8 Å². The fourth-order valence-corrected chi connectivity index (χ4v) is 2.14. The van der Waals surface area contributed by atoms with Crippen LogP contribution in [-0.4, -0.2) is 44.7 Å². The molecule has 0 saturated carbocycles. The van der Waals surface area contributed by atoms with Crippen LogP contribution in [0.25, 0.3) is 0 Å². The van der Waals surface area contributed by atoms with Crippen LogP contribution in [0.4, 0.5) is 5.69 Å². The Balaban J connectivity index is 2.60. The largest absolute Gasteiger partial charge is 0.378 e. The topological polar surface area (TPSA) is 39.7 Å². The predicted molar refractivity (Wildman–Crippen MR) is 101 cm³/mol. The third-order valence-electron chi connectivity index (χ3n) is 3.75. The number of thioether (sulfide) groups is 1. The average molecular weight is 323 g/mol. The van der Waals surface area contributed by atoms with E-state index in [0.717, 1.165) is 19.0 Å². The van der Waals surface area contributed by atoms with Gasteiger partial charge in [0.1, 0.15) is 0 Å². The fraction of sp³-hybridized carbons (Fsp3) is 0.588. The molecule has 0 aliphatic carbocycles. The molecular formula is C17H30N4S. The summed E-state index contributed by atoms with van der Waals surface area (Å²) in [5.41, 5.74) is 3.81. The maximum atomic E-state index is 4.29. The summed E-state index contributed by atoms with van der Waals surface area (Å²) in [5.74, 6) is 0.846. The van der Waals surface area contributed by atoms with Gasteiger partial charge in [-0.3, -0.25) is 4.99 Å². The van der Waals surface area contributed by atoms with E-state index in [1.54, 1.807) is 0 Å². The lowest BCUT2D eigenvalue weighted by Crippen LogP contribution is -2.43. The Morgan fingerprint density at radius 2 is 1.95 bits per heavy atom. The van der Waals surface area contributed by atoms with Crippen LogP contribution in [0.5, 0.6) is 0 Å². The van der Waals surface area contributed by atoms with Crippen molar-refractivity contribution in [1.29, 1.82) is 0 Å². The molecule has 1 rings (SSSR count). The predicted octanol–water partition coefficient (Wildman–Crippen LogP) is 2.87. The van der Waals surface area contributed by atoms with E-state index >= 15 is 0 Å². The number of hydrogen-bond acceptors (Lipinski definition) is 3. The highest BCUT2D eigenvalue weighted by molar-refractivity contribution is 7.99. The number of benzene rings is 1. The molecule has 0 radical (unpaired) electrons. The van der Waals surface area contributed by atoms with E-state index in [-0.39, 0.29) is 4.75 Å². The maximum Gasteiger partial charge on any atom is 0.191 e. The van der Waals surface area contributed by atoms with E-state index in [1.807, 2.05) is 18.8 Å². The van der Waals surface area contributed by atoms with Gasteiger partial charge >= 0.3 is 0 Å². The third-order valence-corrected chi connectivity index (χ3v) is 5.00. The van der Waals surface area contributed by atoms with Crippen LogP contribution in [-0.2, 0) is 6.54 Å². The van der Waals surface area contributed by atoms with Crippen molar-refractivity contribution in [1.82, 2.24) is 10.6 Å². The van der Waals surface area contributed by atoms with Gasteiger partial charge in [-0.1, -0.05) is 6.07 Å². The van der Waals surface area contributed by atoms with Crippen LogP contribution in [0.15, 0.2) is 23.2 Å². The zero-order chi connectivity index (χ0) is 16.8. The monoisotopic (exact) mass is 322 g/mol. The van der Waals surface area contributed by atoms with Crippen LogP contribution in [0, 0.1) is 6.92 Å². The second-order valence-electron chi connectivity index (χ2n) is 6.25. The van der Waals surface area contributed by atoms with Crippen molar-refractivity contribution < 1.29 is 0 Å². The summed E-state index contributed by atoms with van der Waals surface area (Å²) in [6.45, 7) is 8.26. The van der Waals surface area contributed by atoms with E-state index in [0.29, 0.717) is 0 Å². The van der Waals surface area contributed by atoms with E-state index in [9.17, 15) is 0 Å². The highest BCUT2D eigenvalue weighted by Crippen LogP contribution is 2.19. The smallest absolute Gasteiger partial charge is 0.191 e. The fourth-order valence-electron chi connectivity index (χ4n) is 1.92. The molecule has 0 spiro atoms. The van der Waals surface area contributed by atoms with Gasteiger partial charge in [0.25, 0.3) is 0 Å². The number of aliphatic imine (C=N–C) groups is 1. The van der Waals surface area contributed by atoms with E-state index < -0.39 is 0 Å². The first-order chi connectivity index (χ1) is 10.3. The van der Waals surface area contributed by atoms with E-state index in [4.69, 9.17) is 0 Å². The summed E-state index contributed by atoms with van der Waals surface area (Å²) in [5, 5.41) is 6.78. The molecule has 0 aliphatic heterocycles. The van der Waals surface area contributed by atoms with Crippen molar-refractivity contribution in [3.05, 3.63) is 29.3 Å². The Morgan fingerprint density at radius 1 is 1.27 bits per heavy atom. The van der Waals surface area contributed by atoms with Crippen LogP contribution in [0.1, 0.15) is 25.0 Å². The highest BCUT2D eigenvalue weighted by Gasteiger charge is 2.16. The molecule has 0 unspecified atom stereocenters. The first kappa shape index (κ1) is 18.7. The Bertz CT molecular complexity index is 509. The number of anilines is 1. The summed E-state index contributed by atoms with van der Waals surface area (Å²) >= 11 is 1.85. The maximum absolute atomic E-state index is 4.29. The minimum Gasteiger partial charge on any atom is -0.378 e. The molecule has 0 aliphatic rings. The van der Waals surface area contributed by atoms with E-state index in [1.165, 1.54) is 16.8 Å². The van der Waals surface area contributed by atoms with Crippen molar-refractivity contribution in [3.63, 3.8) is 0 Å². The van der Waals surface area contributed by atoms with Crippen LogP contribution >= 0.6 is 11.8 Å². The molecule has 0 fully saturated rings. The zero-order valence-electron chi connectivity index (χ0n) is 14.9. The van der Waals surface area contributed by atoms with Crippen molar-refractivity contribution in [2.45, 2.75) is 32.1 Å². The van der Waals surface area contributed by atoms with Gasteiger partial charge in [0.2, 0.25) is 0 Å². The van der Waals surface area contributed by atoms with Gasteiger partial charge in [0.05, 0.1) is 0 Å². The summed E-state index contributed by atoms with van der Waals surface area (Å²) in [4.78, 5) is 6.41. The lowest BCUT2D eigenvalue weighted by molar-refractivity contribution is 0.664. The molecule has 2 N–H and O–H groups in total. The molecule has 5 heteroatoms. The molecule has 0 atom stereocenters. The van der Waals surface area contributed by atoms with E-state index in [2.05, 4.69) is 79.8 Å². The molecule has 1 aromatic rings. The normalized spacial score (nSPS) is 12.2. The van der Waals surface area contributed by atoms with Gasteiger partial charge in [0.15, 0.2) is 5.96 Å². The van der Waals surface area contributed by atoms with Crippen LogP contribution in [0.2, 0.25) is 0 Å². The molecule has 4 nitrogen and oxygen atoms in total. The van der Waals surface area contributed by atoms with Crippen molar-refractivity contribution in [2.75, 3.05) is 38.8 Å². The lowest BCUT2D eigenvalue weighted by atomic mass is 10.1. The summed E-state index contributed by atoms with van der Waals surface area (Å²) in [6, 6.07) is 6.54. The van der Waals surface area contributed by atoms with Gasteiger partial charge < -0.3 is 15.5 Å². The van der Waals surface area contributed by atoms with Gasteiger partial charge in [-0.15, -0.1) is 0 Å². The molecule has 1 aromatic carbocycles. The second kappa shape index (κ2) is 8.32. The average Bonchev–Trinajstić information content (AvgIpc) is 2.48. The number of rotatable bonds is 6. The second-order valence-corrected chi connectivity index (χ2v) is 7.76.